The van der Waals surface area contributed by atoms with Crippen molar-refractivity contribution in [2.24, 2.45) is 0 Å². The smallest absolute Gasteiger partial charge is 0.232 e. The standard InChI is InChI=1S/C16H26N2O3S/c1-5-6-11-17-15(19)10-12-18(22(4,20)21)16-13(2)8-7-9-14(16)3/h7-9H,5-6,10-12H2,1-4H3,(H,17,19). The van der Waals surface area contributed by atoms with E-state index in [0.29, 0.717) is 12.2 Å². The van der Waals surface area contributed by atoms with Crippen LogP contribution in [-0.4, -0.2) is 33.7 Å². The highest BCUT2D eigenvalue weighted by atomic mass is 32.2. The third-order valence-electron chi connectivity index (χ3n) is 3.48. The minimum Gasteiger partial charge on any atom is -0.356 e. The highest BCUT2D eigenvalue weighted by molar-refractivity contribution is 7.92. The highest BCUT2D eigenvalue weighted by Crippen LogP contribution is 2.26. The quantitative estimate of drug-likeness (QED) is 0.746. The number of hydrogen-bond donors (Lipinski definition) is 1. The van der Waals surface area contributed by atoms with Gasteiger partial charge in [0.15, 0.2) is 0 Å². The number of anilines is 1. The van der Waals surface area contributed by atoms with Crippen LogP contribution in [0.3, 0.4) is 0 Å². The molecule has 1 aromatic carbocycles. The predicted octanol–water partition coefficient (Wildman–Crippen LogP) is 2.38. The minimum atomic E-state index is -3.43. The summed E-state index contributed by atoms with van der Waals surface area (Å²) in [6.45, 7) is 6.60. The number of nitrogens with zero attached hydrogens (tertiary/aromatic N) is 1. The molecule has 1 rings (SSSR count). The Hall–Kier alpha value is -1.56. The first-order chi connectivity index (χ1) is 10.3. The number of para-hydroxylation sites is 1. The summed E-state index contributed by atoms with van der Waals surface area (Å²) in [6, 6.07) is 5.65. The van der Waals surface area contributed by atoms with Crippen molar-refractivity contribution in [3.63, 3.8) is 0 Å². The molecule has 0 aliphatic carbocycles. The first-order valence-corrected chi connectivity index (χ1v) is 9.42. The number of rotatable bonds is 8. The molecule has 22 heavy (non-hydrogen) atoms. The van der Waals surface area contributed by atoms with Crippen molar-refractivity contribution < 1.29 is 13.2 Å². The van der Waals surface area contributed by atoms with Crippen LogP contribution in [0.5, 0.6) is 0 Å². The number of carbonyl (C=O) groups is 1. The fourth-order valence-electron chi connectivity index (χ4n) is 2.34. The van der Waals surface area contributed by atoms with E-state index in [0.717, 1.165) is 24.0 Å². The zero-order valence-corrected chi connectivity index (χ0v) is 14.7. The molecule has 0 fully saturated rings. The second kappa shape index (κ2) is 8.17. The topological polar surface area (TPSA) is 66.5 Å². The summed E-state index contributed by atoms with van der Waals surface area (Å²) in [4.78, 5) is 11.8. The van der Waals surface area contributed by atoms with Crippen LogP contribution in [0, 0.1) is 13.8 Å². The lowest BCUT2D eigenvalue weighted by Crippen LogP contribution is -2.35. The van der Waals surface area contributed by atoms with Gasteiger partial charge in [-0.1, -0.05) is 31.5 Å². The molecule has 5 nitrogen and oxygen atoms in total. The fraction of sp³-hybridized carbons (Fsp3) is 0.562. The second-order valence-corrected chi connectivity index (χ2v) is 7.44. The average Bonchev–Trinajstić information content (AvgIpc) is 2.41. The molecule has 1 N–H and O–H groups in total. The molecule has 0 atom stereocenters. The maximum atomic E-state index is 12.1. The van der Waals surface area contributed by atoms with Crippen molar-refractivity contribution in [1.29, 1.82) is 0 Å². The largest absolute Gasteiger partial charge is 0.356 e. The molecule has 0 aliphatic heterocycles. The summed E-state index contributed by atoms with van der Waals surface area (Å²) in [6.07, 6.45) is 3.27. The molecule has 0 saturated heterocycles. The Bertz CT molecular complexity index is 592. The van der Waals surface area contributed by atoms with E-state index in [9.17, 15) is 13.2 Å². The Balaban J connectivity index is 2.86. The molecule has 0 saturated carbocycles. The third kappa shape index (κ3) is 5.33. The van der Waals surface area contributed by atoms with Gasteiger partial charge in [-0.15, -0.1) is 0 Å². The number of carbonyl (C=O) groups excluding carboxylic acids is 1. The Morgan fingerprint density at radius 3 is 2.32 bits per heavy atom. The lowest BCUT2D eigenvalue weighted by Gasteiger charge is -2.25. The van der Waals surface area contributed by atoms with Crippen molar-refractivity contribution in [1.82, 2.24) is 5.32 Å². The molecule has 1 aromatic rings. The van der Waals surface area contributed by atoms with E-state index < -0.39 is 10.0 Å². The van der Waals surface area contributed by atoms with Crippen LogP contribution in [0.1, 0.15) is 37.3 Å². The number of unbranched alkanes of at least 4 members (excludes halogenated alkanes) is 1. The van der Waals surface area contributed by atoms with Crippen molar-refractivity contribution in [3.8, 4) is 0 Å². The number of benzene rings is 1. The van der Waals surface area contributed by atoms with Crippen LogP contribution < -0.4 is 9.62 Å². The van der Waals surface area contributed by atoms with Gasteiger partial charge in [0.1, 0.15) is 0 Å². The summed E-state index contributed by atoms with van der Waals surface area (Å²) in [5.74, 6) is -0.117. The lowest BCUT2D eigenvalue weighted by atomic mass is 10.1. The zero-order valence-electron chi connectivity index (χ0n) is 13.8. The highest BCUT2D eigenvalue weighted by Gasteiger charge is 2.21. The molecular weight excluding hydrogens is 300 g/mol. The summed E-state index contributed by atoms with van der Waals surface area (Å²) in [7, 11) is -3.43. The van der Waals surface area contributed by atoms with Gasteiger partial charge in [-0.25, -0.2) is 8.42 Å². The van der Waals surface area contributed by atoms with Gasteiger partial charge >= 0.3 is 0 Å². The molecule has 6 heteroatoms. The maximum absolute atomic E-state index is 12.1. The van der Waals surface area contributed by atoms with Gasteiger partial charge in [-0.05, 0) is 31.4 Å². The van der Waals surface area contributed by atoms with Crippen molar-refractivity contribution in [2.45, 2.75) is 40.0 Å². The van der Waals surface area contributed by atoms with E-state index in [1.165, 1.54) is 10.6 Å². The number of hydrogen-bond acceptors (Lipinski definition) is 3. The van der Waals surface area contributed by atoms with Crippen LogP contribution in [0.4, 0.5) is 5.69 Å². The Labute approximate surface area is 133 Å². The molecule has 0 radical (unpaired) electrons. The van der Waals surface area contributed by atoms with Crippen molar-refractivity contribution >= 4 is 21.6 Å². The molecular formula is C16H26N2O3S. The number of nitrogens with one attached hydrogen (secondary N) is 1. The molecule has 0 spiro atoms. The third-order valence-corrected chi connectivity index (χ3v) is 4.65. The zero-order chi connectivity index (χ0) is 16.8. The molecule has 0 heterocycles. The molecule has 0 bridgehead atoms. The van der Waals surface area contributed by atoms with Crippen LogP contribution in [0.2, 0.25) is 0 Å². The summed E-state index contributed by atoms with van der Waals surface area (Å²) in [5.41, 5.74) is 2.44. The molecule has 0 aliphatic rings. The average molecular weight is 326 g/mol. The predicted molar refractivity (Wildman–Crippen MR) is 90.6 cm³/mol. The van der Waals surface area contributed by atoms with Crippen molar-refractivity contribution in [2.75, 3.05) is 23.7 Å². The van der Waals surface area contributed by atoms with Gasteiger partial charge in [0.05, 0.1) is 11.9 Å². The Morgan fingerprint density at radius 1 is 1.23 bits per heavy atom. The fourth-order valence-corrected chi connectivity index (χ4v) is 3.38. The molecule has 0 unspecified atom stereocenters. The van der Waals surface area contributed by atoms with Gasteiger partial charge in [0.25, 0.3) is 0 Å². The van der Waals surface area contributed by atoms with E-state index >= 15 is 0 Å². The SMILES string of the molecule is CCCCNC(=O)CCN(c1c(C)cccc1C)S(C)(=O)=O. The first kappa shape index (κ1) is 18.5. The van der Waals surface area contributed by atoms with Gasteiger partial charge in [-0.3, -0.25) is 9.10 Å². The molecule has 124 valence electrons. The summed E-state index contributed by atoms with van der Waals surface area (Å²) >= 11 is 0. The monoisotopic (exact) mass is 326 g/mol. The minimum absolute atomic E-state index is 0.117. The van der Waals surface area contributed by atoms with Crippen LogP contribution >= 0.6 is 0 Å². The number of amides is 1. The number of aryl methyl sites for hydroxylation is 2. The molecule has 0 aromatic heterocycles. The van der Waals surface area contributed by atoms with Gasteiger partial charge in [0, 0.05) is 19.5 Å². The van der Waals surface area contributed by atoms with E-state index in [2.05, 4.69) is 12.2 Å². The summed E-state index contributed by atoms with van der Waals surface area (Å²) < 4.78 is 25.5. The van der Waals surface area contributed by atoms with E-state index in [1.807, 2.05) is 32.0 Å². The number of sulfonamides is 1. The first-order valence-electron chi connectivity index (χ1n) is 7.58. The Morgan fingerprint density at radius 2 is 1.82 bits per heavy atom. The summed E-state index contributed by atoms with van der Waals surface area (Å²) in [5, 5.41) is 2.81. The van der Waals surface area contributed by atoms with E-state index in [1.54, 1.807) is 0 Å². The van der Waals surface area contributed by atoms with Crippen LogP contribution in [0.15, 0.2) is 18.2 Å². The Kier molecular flexibility index (Phi) is 6.87. The lowest BCUT2D eigenvalue weighted by molar-refractivity contribution is -0.120. The maximum Gasteiger partial charge on any atom is 0.232 e. The van der Waals surface area contributed by atoms with E-state index in [4.69, 9.17) is 0 Å². The van der Waals surface area contributed by atoms with Crippen LogP contribution in [-0.2, 0) is 14.8 Å². The second-order valence-electron chi connectivity index (χ2n) is 5.53. The van der Waals surface area contributed by atoms with Gasteiger partial charge in [-0.2, -0.15) is 0 Å². The van der Waals surface area contributed by atoms with Crippen LogP contribution in [0.25, 0.3) is 0 Å². The van der Waals surface area contributed by atoms with Crippen molar-refractivity contribution in [3.05, 3.63) is 29.3 Å². The normalized spacial score (nSPS) is 11.3. The van der Waals surface area contributed by atoms with E-state index in [-0.39, 0.29) is 18.9 Å². The molecule has 1 amide bonds. The van der Waals surface area contributed by atoms with Gasteiger partial charge in [0.2, 0.25) is 15.9 Å². The van der Waals surface area contributed by atoms with Gasteiger partial charge < -0.3 is 5.32 Å².